The maximum Gasteiger partial charge on any atom is 0.434 e. The number of amides is 1. The highest BCUT2D eigenvalue weighted by Gasteiger charge is 2.42. The average Bonchev–Trinajstić information content (AvgIpc) is 3.28. The van der Waals surface area contributed by atoms with Crippen molar-refractivity contribution in [3.05, 3.63) is 71.9 Å². The molecule has 0 bridgehead atoms. The van der Waals surface area contributed by atoms with Crippen molar-refractivity contribution in [2.75, 3.05) is 12.4 Å². The number of ketones is 1. The zero-order valence-corrected chi connectivity index (χ0v) is 18.0. The predicted octanol–water partition coefficient (Wildman–Crippen LogP) is 4.68. The number of ether oxygens (including phenoxy) is 1. The van der Waals surface area contributed by atoms with E-state index in [1.54, 1.807) is 6.07 Å². The third-order valence-corrected chi connectivity index (χ3v) is 4.96. The number of fused-ring (bicyclic) bond motifs is 1. The number of pyridine rings is 2. The van der Waals surface area contributed by atoms with Crippen LogP contribution in [0.1, 0.15) is 21.7 Å². The first kappa shape index (κ1) is 24.6. The summed E-state index contributed by atoms with van der Waals surface area (Å²) in [4.78, 5) is 32.2. The normalized spacial score (nSPS) is 12.0. The molecule has 0 spiro atoms. The number of Topliss-reactive ketones (excluding diaryl/α,β-unsaturated/α-hetero) is 1. The van der Waals surface area contributed by atoms with Crippen molar-refractivity contribution in [1.82, 2.24) is 19.7 Å². The monoisotopic (exact) mass is 509 g/mol. The van der Waals surface area contributed by atoms with Gasteiger partial charge in [0.2, 0.25) is 5.88 Å². The molecule has 0 aliphatic heterocycles. The van der Waals surface area contributed by atoms with E-state index in [1.807, 2.05) is 5.32 Å². The fourth-order valence-corrected chi connectivity index (χ4v) is 3.45. The van der Waals surface area contributed by atoms with Crippen LogP contribution in [0.5, 0.6) is 5.88 Å². The van der Waals surface area contributed by atoms with Crippen LogP contribution in [-0.2, 0) is 17.1 Å². The molecule has 0 atom stereocenters. The summed E-state index contributed by atoms with van der Waals surface area (Å²) >= 11 is 0. The molecule has 0 fully saturated rings. The van der Waals surface area contributed by atoms with Crippen molar-refractivity contribution < 1.29 is 40.7 Å². The molecule has 1 N–H and O–H groups in total. The highest BCUT2D eigenvalue weighted by molar-refractivity contribution is 6.46. The van der Waals surface area contributed by atoms with E-state index < -0.39 is 46.7 Å². The predicted molar refractivity (Wildman–Crippen MR) is 113 cm³/mol. The maximum absolute atomic E-state index is 14.1. The van der Waals surface area contributed by atoms with Crippen molar-refractivity contribution in [3.63, 3.8) is 0 Å². The van der Waals surface area contributed by atoms with Crippen LogP contribution in [0.4, 0.5) is 32.0 Å². The van der Waals surface area contributed by atoms with Gasteiger partial charge in [-0.15, -0.1) is 0 Å². The highest BCUT2D eigenvalue weighted by atomic mass is 19.4. The van der Waals surface area contributed by atoms with Crippen LogP contribution in [0.2, 0.25) is 0 Å². The largest absolute Gasteiger partial charge is 0.481 e. The maximum atomic E-state index is 14.1. The van der Waals surface area contributed by atoms with Gasteiger partial charge in [0.1, 0.15) is 5.69 Å². The fraction of sp³-hybridized carbons (Fsp3) is 0.136. The van der Waals surface area contributed by atoms with Crippen LogP contribution in [0.15, 0.2) is 55.0 Å². The molecule has 14 heteroatoms. The number of rotatable bonds is 5. The molecular formula is C22H13F6N5O3. The van der Waals surface area contributed by atoms with Gasteiger partial charge in [0.05, 0.1) is 24.6 Å². The molecule has 3 heterocycles. The number of carbonyl (C=O) groups excluding carboxylic acids is 2. The minimum atomic E-state index is -5.14. The van der Waals surface area contributed by atoms with E-state index in [0.717, 1.165) is 12.3 Å². The topological polar surface area (TPSA) is 99.0 Å². The zero-order chi connectivity index (χ0) is 26.3. The van der Waals surface area contributed by atoms with Gasteiger partial charge < -0.3 is 10.1 Å². The first-order chi connectivity index (χ1) is 16.9. The first-order valence-corrected chi connectivity index (χ1v) is 9.88. The van der Waals surface area contributed by atoms with E-state index in [1.165, 1.54) is 31.5 Å². The van der Waals surface area contributed by atoms with Gasteiger partial charge in [-0.3, -0.25) is 14.6 Å². The van der Waals surface area contributed by atoms with Gasteiger partial charge in [-0.1, -0.05) is 6.07 Å². The standard InChI is InChI=1S/C22H13F6N5O3/c1-36-20-13-3-2-4-15(12(13)6-8-30-20)33-18(22(26,27)28)14(10-31-33)17(34)19(35)32-11-5-7-29-16(9-11)21(23,24)25/h2-10H,1H3,(H,29,32,35). The third-order valence-electron chi connectivity index (χ3n) is 4.96. The lowest BCUT2D eigenvalue weighted by Crippen LogP contribution is -2.26. The van der Waals surface area contributed by atoms with Gasteiger partial charge in [-0.2, -0.15) is 31.4 Å². The van der Waals surface area contributed by atoms with Gasteiger partial charge in [0.25, 0.3) is 11.7 Å². The second kappa shape index (κ2) is 8.94. The zero-order valence-electron chi connectivity index (χ0n) is 18.0. The van der Waals surface area contributed by atoms with Crippen LogP contribution < -0.4 is 10.1 Å². The second-order valence-electron chi connectivity index (χ2n) is 7.22. The Morgan fingerprint density at radius 3 is 2.33 bits per heavy atom. The summed E-state index contributed by atoms with van der Waals surface area (Å²) in [5.41, 5.74) is -4.56. The van der Waals surface area contributed by atoms with Gasteiger partial charge in [0.15, 0.2) is 5.69 Å². The molecular weight excluding hydrogens is 496 g/mol. The van der Waals surface area contributed by atoms with Crippen molar-refractivity contribution in [2.45, 2.75) is 12.4 Å². The Balaban J connectivity index is 1.76. The third kappa shape index (κ3) is 4.56. The summed E-state index contributed by atoms with van der Waals surface area (Å²) in [6, 6.07) is 7.12. The van der Waals surface area contributed by atoms with Crippen LogP contribution in [0.25, 0.3) is 16.5 Å². The molecule has 0 unspecified atom stereocenters. The van der Waals surface area contributed by atoms with E-state index in [4.69, 9.17) is 4.74 Å². The minimum Gasteiger partial charge on any atom is -0.481 e. The molecule has 1 amide bonds. The number of anilines is 1. The van der Waals surface area contributed by atoms with Crippen LogP contribution in [0, 0.1) is 0 Å². The molecule has 0 saturated carbocycles. The molecule has 0 radical (unpaired) electrons. The second-order valence-corrected chi connectivity index (χ2v) is 7.22. The Morgan fingerprint density at radius 1 is 0.944 bits per heavy atom. The first-order valence-electron chi connectivity index (χ1n) is 9.88. The van der Waals surface area contributed by atoms with Crippen molar-refractivity contribution >= 4 is 28.2 Å². The number of halogens is 6. The van der Waals surface area contributed by atoms with Crippen LogP contribution in [0.3, 0.4) is 0 Å². The summed E-state index contributed by atoms with van der Waals surface area (Å²) < 4.78 is 86.4. The number of methoxy groups -OCH3 is 1. The van der Waals surface area contributed by atoms with E-state index in [0.29, 0.717) is 22.3 Å². The number of carbonyl (C=O) groups is 2. The summed E-state index contributed by atoms with van der Waals surface area (Å²) in [5.74, 6) is -3.11. The highest BCUT2D eigenvalue weighted by Crippen LogP contribution is 2.36. The molecule has 0 aliphatic rings. The van der Waals surface area contributed by atoms with E-state index in [2.05, 4.69) is 15.1 Å². The Hall–Kier alpha value is -4.49. The lowest BCUT2D eigenvalue weighted by Gasteiger charge is -2.15. The number of nitrogens with one attached hydrogen (secondary N) is 1. The molecule has 3 aromatic heterocycles. The molecule has 0 saturated heterocycles. The fourth-order valence-electron chi connectivity index (χ4n) is 3.45. The summed E-state index contributed by atoms with van der Waals surface area (Å²) in [6.07, 6.45) is -7.38. The van der Waals surface area contributed by atoms with Crippen molar-refractivity contribution in [2.24, 2.45) is 0 Å². The Labute approximate surface area is 197 Å². The summed E-state index contributed by atoms with van der Waals surface area (Å²) in [6.45, 7) is 0. The molecule has 4 aromatic rings. The van der Waals surface area contributed by atoms with Gasteiger partial charge in [-0.25, -0.2) is 9.67 Å². The van der Waals surface area contributed by atoms with Crippen molar-refractivity contribution in [1.29, 1.82) is 0 Å². The van der Waals surface area contributed by atoms with E-state index in [9.17, 15) is 35.9 Å². The number of nitrogens with zero attached hydrogens (tertiary/aromatic N) is 4. The van der Waals surface area contributed by atoms with Gasteiger partial charge in [-0.05, 0) is 30.3 Å². The van der Waals surface area contributed by atoms with Gasteiger partial charge >= 0.3 is 12.4 Å². The SMILES string of the molecule is COc1nccc2c(-n3ncc(C(=O)C(=O)Nc4ccnc(C(F)(F)F)c4)c3C(F)(F)F)cccc12. The molecule has 186 valence electrons. The van der Waals surface area contributed by atoms with Crippen LogP contribution in [-0.4, -0.2) is 38.5 Å². The van der Waals surface area contributed by atoms with Gasteiger partial charge in [0, 0.05) is 28.9 Å². The van der Waals surface area contributed by atoms with Crippen LogP contribution >= 0.6 is 0 Å². The Bertz CT molecular complexity index is 1480. The quantitative estimate of drug-likeness (QED) is 0.238. The average molecular weight is 509 g/mol. The molecule has 1 aromatic carbocycles. The lowest BCUT2D eigenvalue weighted by molar-refractivity contribution is -0.143. The number of hydrogen-bond acceptors (Lipinski definition) is 6. The number of hydrogen-bond donors (Lipinski definition) is 1. The number of alkyl halides is 6. The lowest BCUT2D eigenvalue weighted by atomic mass is 10.1. The van der Waals surface area contributed by atoms with Crippen molar-refractivity contribution in [3.8, 4) is 11.6 Å². The van der Waals surface area contributed by atoms with E-state index >= 15 is 0 Å². The molecule has 8 nitrogen and oxygen atoms in total. The summed E-state index contributed by atoms with van der Waals surface area (Å²) in [5, 5.41) is 6.19. The number of benzene rings is 1. The van der Waals surface area contributed by atoms with E-state index in [-0.39, 0.29) is 17.0 Å². The number of aromatic nitrogens is 4. The summed E-state index contributed by atoms with van der Waals surface area (Å²) in [7, 11) is 1.33. The molecule has 36 heavy (non-hydrogen) atoms. The Morgan fingerprint density at radius 2 is 1.67 bits per heavy atom. The molecule has 0 aliphatic carbocycles. The Kier molecular flexibility index (Phi) is 6.12. The minimum absolute atomic E-state index is 0.0797. The molecule has 4 rings (SSSR count). The smallest absolute Gasteiger partial charge is 0.434 e.